The van der Waals surface area contributed by atoms with Gasteiger partial charge in [-0.2, -0.15) is 0 Å². The van der Waals surface area contributed by atoms with Crippen LogP contribution in [0, 0.1) is 0 Å². The molecule has 1 saturated carbocycles. The number of hydrogen-bond acceptors (Lipinski definition) is 3. The molecule has 0 aliphatic heterocycles. The smallest absolute Gasteiger partial charge is 0.304 e. The van der Waals surface area contributed by atoms with Gasteiger partial charge >= 0.3 is 5.97 Å². The summed E-state index contributed by atoms with van der Waals surface area (Å²) in [5.74, 6) is -0.571. The second kappa shape index (κ2) is 4.01. The predicted molar refractivity (Wildman–Crippen MR) is 63.1 cm³/mol. The Kier molecular flexibility index (Phi) is 2.84. The van der Waals surface area contributed by atoms with Crippen LogP contribution in [0.15, 0.2) is 23.1 Å². The number of phenols is 1. The number of aromatic hydroxyl groups is 1. The highest BCUT2D eigenvalue weighted by Gasteiger charge is 2.48. The van der Waals surface area contributed by atoms with Crippen LogP contribution < -0.4 is 0 Å². The van der Waals surface area contributed by atoms with Crippen molar-refractivity contribution in [2.45, 2.75) is 29.6 Å². The Morgan fingerprint density at radius 2 is 2.19 bits per heavy atom. The molecule has 16 heavy (non-hydrogen) atoms. The Balaban J connectivity index is 2.43. The van der Waals surface area contributed by atoms with Crippen LogP contribution in [0.5, 0.6) is 5.75 Å². The number of thioether (sulfide) groups is 1. The quantitative estimate of drug-likeness (QED) is 0.792. The van der Waals surface area contributed by atoms with Gasteiger partial charge in [0.05, 0.1) is 6.42 Å². The van der Waals surface area contributed by atoms with Crippen molar-refractivity contribution in [3.63, 3.8) is 0 Å². The summed E-state index contributed by atoms with van der Waals surface area (Å²) in [6.45, 7) is 0. The Hall–Kier alpha value is -1.16. The van der Waals surface area contributed by atoms with Crippen LogP contribution in [0.3, 0.4) is 0 Å². The summed E-state index contributed by atoms with van der Waals surface area (Å²) < 4.78 is 0. The largest absolute Gasteiger partial charge is 0.508 e. The van der Waals surface area contributed by atoms with Crippen molar-refractivity contribution in [1.82, 2.24) is 0 Å². The molecule has 1 fully saturated rings. The fourth-order valence-electron chi connectivity index (χ4n) is 2.18. The van der Waals surface area contributed by atoms with Gasteiger partial charge in [-0.3, -0.25) is 4.79 Å². The minimum Gasteiger partial charge on any atom is -0.508 e. The molecule has 1 aromatic rings. The van der Waals surface area contributed by atoms with E-state index in [2.05, 4.69) is 0 Å². The molecule has 0 spiro atoms. The molecule has 4 heteroatoms. The maximum atomic E-state index is 10.9. The zero-order valence-corrected chi connectivity index (χ0v) is 9.88. The molecule has 0 unspecified atom stereocenters. The minimum absolute atomic E-state index is 0.109. The second-order valence-electron chi connectivity index (χ2n) is 4.21. The Labute approximate surface area is 98.5 Å². The fourth-order valence-corrected chi connectivity index (χ4v) is 2.92. The van der Waals surface area contributed by atoms with Crippen molar-refractivity contribution in [3.8, 4) is 5.75 Å². The number of carboxylic acids is 1. The van der Waals surface area contributed by atoms with Gasteiger partial charge in [-0.1, -0.05) is 6.07 Å². The van der Waals surface area contributed by atoms with Crippen molar-refractivity contribution in [2.24, 2.45) is 0 Å². The molecule has 1 aliphatic carbocycles. The lowest BCUT2D eigenvalue weighted by Gasteiger charge is -2.18. The maximum Gasteiger partial charge on any atom is 0.304 e. The number of hydrogen-bond donors (Lipinski definition) is 2. The molecule has 1 aliphatic rings. The normalized spacial score (nSPS) is 17.1. The number of phenolic OH excluding ortho intramolecular Hbond substituents is 1. The highest BCUT2D eigenvalue weighted by molar-refractivity contribution is 7.98. The number of benzene rings is 1. The zero-order valence-electron chi connectivity index (χ0n) is 9.06. The van der Waals surface area contributed by atoms with Gasteiger partial charge in [0.25, 0.3) is 0 Å². The molecule has 0 saturated heterocycles. The van der Waals surface area contributed by atoms with E-state index in [4.69, 9.17) is 5.11 Å². The summed E-state index contributed by atoms with van der Waals surface area (Å²) in [6.07, 6.45) is 3.75. The Morgan fingerprint density at radius 3 is 2.69 bits per heavy atom. The van der Waals surface area contributed by atoms with Gasteiger partial charge in [0.15, 0.2) is 0 Å². The van der Waals surface area contributed by atoms with Gasteiger partial charge in [-0.05, 0) is 31.2 Å². The zero-order chi connectivity index (χ0) is 11.8. The van der Waals surface area contributed by atoms with Crippen LogP contribution in [-0.4, -0.2) is 22.4 Å². The van der Waals surface area contributed by atoms with Crippen LogP contribution in [-0.2, 0) is 10.2 Å². The van der Waals surface area contributed by atoms with E-state index in [1.165, 1.54) is 0 Å². The van der Waals surface area contributed by atoms with Crippen LogP contribution in [0.4, 0.5) is 0 Å². The summed E-state index contributed by atoms with van der Waals surface area (Å²) in [6, 6.07) is 5.36. The van der Waals surface area contributed by atoms with E-state index in [0.717, 1.165) is 23.3 Å². The monoisotopic (exact) mass is 238 g/mol. The van der Waals surface area contributed by atoms with E-state index in [-0.39, 0.29) is 17.6 Å². The fraction of sp³-hybridized carbons (Fsp3) is 0.417. The first-order valence-corrected chi connectivity index (χ1v) is 6.40. The Morgan fingerprint density at radius 1 is 1.50 bits per heavy atom. The average molecular weight is 238 g/mol. The molecule has 0 heterocycles. The minimum atomic E-state index is -0.798. The number of aliphatic carboxylic acids is 1. The third-order valence-corrected chi connectivity index (χ3v) is 3.88. The van der Waals surface area contributed by atoms with Gasteiger partial charge in [-0.25, -0.2) is 0 Å². The number of carboxylic acid groups (broad SMARTS) is 1. The van der Waals surface area contributed by atoms with Crippen molar-refractivity contribution in [3.05, 3.63) is 23.8 Å². The molecular formula is C12H14O3S. The molecular weight excluding hydrogens is 224 g/mol. The highest BCUT2D eigenvalue weighted by Crippen LogP contribution is 2.56. The van der Waals surface area contributed by atoms with Gasteiger partial charge in [-0.15, -0.1) is 11.8 Å². The third kappa shape index (κ3) is 1.89. The SMILES string of the molecule is CSc1cccc(O)c1C1(CC(=O)O)CC1. The number of carbonyl (C=O) groups is 1. The van der Waals surface area contributed by atoms with E-state index in [0.29, 0.717) is 0 Å². The summed E-state index contributed by atoms with van der Waals surface area (Å²) in [7, 11) is 0. The van der Waals surface area contributed by atoms with Crippen LogP contribution in [0.1, 0.15) is 24.8 Å². The lowest BCUT2D eigenvalue weighted by Crippen LogP contribution is -2.14. The topological polar surface area (TPSA) is 57.5 Å². The first-order chi connectivity index (χ1) is 7.59. The molecule has 0 amide bonds. The molecule has 0 aromatic heterocycles. The van der Waals surface area contributed by atoms with Gasteiger partial charge < -0.3 is 10.2 Å². The first kappa shape index (κ1) is 11.3. The van der Waals surface area contributed by atoms with Crippen LogP contribution in [0.25, 0.3) is 0 Å². The van der Waals surface area contributed by atoms with Gasteiger partial charge in [0, 0.05) is 15.9 Å². The lowest BCUT2D eigenvalue weighted by atomic mass is 9.91. The molecule has 1 aromatic carbocycles. The van der Waals surface area contributed by atoms with E-state index in [9.17, 15) is 9.90 Å². The van der Waals surface area contributed by atoms with E-state index < -0.39 is 5.97 Å². The highest BCUT2D eigenvalue weighted by atomic mass is 32.2. The van der Waals surface area contributed by atoms with Crippen LogP contribution in [0.2, 0.25) is 0 Å². The molecule has 0 bridgehead atoms. The molecule has 3 nitrogen and oxygen atoms in total. The summed E-state index contributed by atoms with van der Waals surface area (Å²) in [5, 5.41) is 18.8. The predicted octanol–water partition coefficient (Wildman–Crippen LogP) is 2.62. The van der Waals surface area contributed by atoms with Gasteiger partial charge in [0.2, 0.25) is 0 Å². The standard InChI is InChI=1S/C12H14O3S/c1-16-9-4-2-3-8(13)11(9)12(5-6-12)7-10(14)15/h2-4,13H,5-7H2,1H3,(H,14,15). The summed E-state index contributed by atoms with van der Waals surface area (Å²) in [4.78, 5) is 11.8. The summed E-state index contributed by atoms with van der Waals surface area (Å²) in [5.41, 5.74) is 0.500. The van der Waals surface area contributed by atoms with Crippen molar-refractivity contribution < 1.29 is 15.0 Å². The van der Waals surface area contributed by atoms with Crippen molar-refractivity contribution in [1.29, 1.82) is 0 Å². The molecule has 0 atom stereocenters. The molecule has 2 N–H and O–H groups in total. The first-order valence-electron chi connectivity index (χ1n) is 5.17. The van der Waals surface area contributed by atoms with Crippen LogP contribution >= 0.6 is 11.8 Å². The van der Waals surface area contributed by atoms with E-state index >= 15 is 0 Å². The van der Waals surface area contributed by atoms with Crippen molar-refractivity contribution in [2.75, 3.05) is 6.26 Å². The Bertz CT molecular complexity index is 424. The average Bonchev–Trinajstić information content (AvgIpc) is 2.97. The third-order valence-electron chi connectivity index (χ3n) is 3.10. The lowest BCUT2D eigenvalue weighted by molar-refractivity contribution is -0.137. The van der Waals surface area contributed by atoms with E-state index in [1.807, 2.05) is 12.3 Å². The molecule has 0 radical (unpaired) electrons. The molecule has 86 valence electrons. The van der Waals surface area contributed by atoms with Crippen molar-refractivity contribution >= 4 is 17.7 Å². The second-order valence-corrected chi connectivity index (χ2v) is 5.05. The summed E-state index contributed by atoms with van der Waals surface area (Å²) >= 11 is 1.55. The number of rotatable bonds is 4. The molecule has 2 rings (SSSR count). The maximum absolute atomic E-state index is 10.9. The van der Waals surface area contributed by atoms with Gasteiger partial charge in [0.1, 0.15) is 5.75 Å². The van der Waals surface area contributed by atoms with E-state index in [1.54, 1.807) is 23.9 Å².